The monoisotopic (exact) mass is 287 g/mol. The summed E-state index contributed by atoms with van der Waals surface area (Å²) in [7, 11) is 1.61. The van der Waals surface area contributed by atoms with E-state index in [-0.39, 0.29) is 6.04 Å². The Labute approximate surface area is 124 Å². The Morgan fingerprint density at radius 3 is 3.05 bits per heavy atom. The lowest BCUT2D eigenvalue weighted by atomic mass is 9.93. The van der Waals surface area contributed by atoms with E-state index in [2.05, 4.69) is 38.9 Å². The van der Waals surface area contributed by atoms with Crippen molar-refractivity contribution in [3.8, 4) is 5.88 Å². The van der Waals surface area contributed by atoms with Crippen molar-refractivity contribution in [2.45, 2.75) is 45.2 Å². The Bertz CT molecular complexity index is 622. The van der Waals surface area contributed by atoms with Gasteiger partial charge in [0.05, 0.1) is 25.0 Å². The third-order valence-corrected chi connectivity index (χ3v) is 3.81. The molecule has 0 amide bonds. The maximum Gasteiger partial charge on any atom is 0.226 e. The van der Waals surface area contributed by atoms with Crippen LogP contribution in [0.15, 0.2) is 18.5 Å². The van der Waals surface area contributed by atoms with E-state index in [0.717, 1.165) is 19.3 Å². The van der Waals surface area contributed by atoms with E-state index >= 15 is 0 Å². The smallest absolute Gasteiger partial charge is 0.226 e. The SMILES string of the molecule is COc1ccnc(NC2CCCc3cnn(C(C)C)c32)n1. The van der Waals surface area contributed by atoms with Crippen molar-refractivity contribution in [2.75, 3.05) is 12.4 Å². The first kappa shape index (κ1) is 13.9. The van der Waals surface area contributed by atoms with Gasteiger partial charge < -0.3 is 10.1 Å². The van der Waals surface area contributed by atoms with E-state index in [1.165, 1.54) is 11.3 Å². The third kappa shape index (κ3) is 2.70. The summed E-state index contributed by atoms with van der Waals surface area (Å²) in [4.78, 5) is 8.62. The summed E-state index contributed by atoms with van der Waals surface area (Å²) in [5.74, 6) is 1.17. The molecular formula is C15H21N5O. The van der Waals surface area contributed by atoms with Gasteiger partial charge in [0.15, 0.2) is 0 Å². The molecule has 2 heterocycles. The molecule has 0 fully saturated rings. The Hall–Kier alpha value is -2.11. The number of methoxy groups -OCH3 is 1. The highest BCUT2D eigenvalue weighted by Gasteiger charge is 2.26. The minimum absolute atomic E-state index is 0.200. The summed E-state index contributed by atoms with van der Waals surface area (Å²) in [6.07, 6.45) is 7.01. The second kappa shape index (κ2) is 5.71. The molecule has 6 nitrogen and oxygen atoms in total. The molecule has 21 heavy (non-hydrogen) atoms. The van der Waals surface area contributed by atoms with Crippen LogP contribution in [-0.4, -0.2) is 26.9 Å². The molecule has 2 aromatic heterocycles. The van der Waals surface area contributed by atoms with Gasteiger partial charge in [-0.05, 0) is 38.7 Å². The van der Waals surface area contributed by atoms with Gasteiger partial charge in [-0.1, -0.05) is 0 Å². The van der Waals surface area contributed by atoms with Crippen molar-refractivity contribution < 1.29 is 4.74 Å². The zero-order chi connectivity index (χ0) is 14.8. The predicted octanol–water partition coefficient (Wildman–Crippen LogP) is 2.75. The second-order valence-corrected chi connectivity index (χ2v) is 5.61. The number of fused-ring (bicyclic) bond motifs is 1. The average molecular weight is 287 g/mol. The number of anilines is 1. The molecule has 1 aliphatic rings. The van der Waals surface area contributed by atoms with Crippen LogP contribution in [-0.2, 0) is 6.42 Å². The quantitative estimate of drug-likeness (QED) is 0.936. The molecule has 0 radical (unpaired) electrons. The van der Waals surface area contributed by atoms with Crippen molar-refractivity contribution >= 4 is 5.95 Å². The van der Waals surface area contributed by atoms with Gasteiger partial charge in [-0.3, -0.25) is 4.68 Å². The molecule has 112 valence electrons. The van der Waals surface area contributed by atoms with E-state index in [1.54, 1.807) is 19.4 Å². The molecule has 0 aliphatic heterocycles. The minimum atomic E-state index is 0.200. The van der Waals surface area contributed by atoms with Crippen molar-refractivity contribution in [1.82, 2.24) is 19.7 Å². The van der Waals surface area contributed by atoms with Crippen LogP contribution < -0.4 is 10.1 Å². The number of hydrogen-bond donors (Lipinski definition) is 1. The Morgan fingerprint density at radius 2 is 2.29 bits per heavy atom. The second-order valence-electron chi connectivity index (χ2n) is 5.61. The summed E-state index contributed by atoms with van der Waals surface area (Å²) in [5.41, 5.74) is 2.60. The largest absolute Gasteiger partial charge is 0.481 e. The van der Waals surface area contributed by atoms with Gasteiger partial charge in [0.2, 0.25) is 11.8 Å². The van der Waals surface area contributed by atoms with E-state index in [1.807, 2.05) is 6.20 Å². The predicted molar refractivity (Wildman–Crippen MR) is 80.5 cm³/mol. The molecule has 0 saturated heterocycles. The first-order valence-electron chi connectivity index (χ1n) is 7.39. The highest BCUT2D eigenvalue weighted by Crippen LogP contribution is 2.33. The minimum Gasteiger partial charge on any atom is -0.481 e. The maximum atomic E-state index is 5.15. The Morgan fingerprint density at radius 1 is 1.43 bits per heavy atom. The molecule has 3 rings (SSSR count). The zero-order valence-electron chi connectivity index (χ0n) is 12.7. The molecule has 0 saturated carbocycles. The number of aromatic nitrogens is 4. The number of aryl methyl sites for hydroxylation is 1. The molecule has 0 spiro atoms. The third-order valence-electron chi connectivity index (χ3n) is 3.81. The normalized spacial score (nSPS) is 17.6. The van der Waals surface area contributed by atoms with Crippen LogP contribution in [0.1, 0.15) is 50.0 Å². The highest BCUT2D eigenvalue weighted by atomic mass is 16.5. The molecule has 1 N–H and O–H groups in total. The van der Waals surface area contributed by atoms with Gasteiger partial charge >= 0.3 is 0 Å². The van der Waals surface area contributed by atoms with Crippen LogP contribution in [0.2, 0.25) is 0 Å². The Kier molecular flexibility index (Phi) is 3.77. The van der Waals surface area contributed by atoms with Crippen molar-refractivity contribution in [2.24, 2.45) is 0 Å². The fourth-order valence-corrected chi connectivity index (χ4v) is 2.85. The molecule has 1 unspecified atom stereocenters. The van der Waals surface area contributed by atoms with Crippen LogP contribution in [0.3, 0.4) is 0 Å². The molecule has 6 heteroatoms. The molecule has 1 atom stereocenters. The average Bonchev–Trinajstić information content (AvgIpc) is 2.93. The standard InChI is InChI=1S/C15H21N5O/c1-10(2)20-14-11(9-17-20)5-4-6-12(14)18-15-16-8-7-13(19-15)21-3/h7-10,12H,4-6H2,1-3H3,(H,16,18,19). The van der Waals surface area contributed by atoms with Gasteiger partial charge in [0.25, 0.3) is 0 Å². The number of hydrogen-bond acceptors (Lipinski definition) is 5. The first-order chi connectivity index (χ1) is 10.2. The molecular weight excluding hydrogens is 266 g/mol. The van der Waals surface area contributed by atoms with Crippen molar-refractivity contribution in [3.63, 3.8) is 0 Å². The topological polar surface area (TPSA) is 64.9 Å². The van der Waals surface area contributed by atoms with Crippen LogP contribution in [0.25, 0.3) is 0 Å². The van der Waals surface area contributed by atoms with Crippen LogP contribution in [0, 0.1) is 0 Å². The van der Waals surface area contributed by atoms with Crippen LogP contribution >= 0.6 is 0 Å². The molecule has 0 aromatic carbocycles. The number of ether oxygens (including phenoxy) is 1. The molecule has 0 bridgehead atoms. The first-order valence-corrected chi connectivity index (χ1v) is 7.39. The van der Waals surface area contributed by atoms with Crippen molar-refractivity contribution in [1.29, 1.82) is 0 Å². The summed E-state index contributed by atoms with van der Waals surface area (Å²) >= 11 is 0. The van der Waals surface area contributed by atoms with Gasteiger partial charge in [0, 0.05) is 18.3 Å². The maximum absolute atomic E-state index is 5.15. The number of nitrogens with one attached hydrogen (secondary N) is 1. The van der Waals surface area contributed by atoms with Crippen LogP contribution in [0.5, 0.6) is 5.88 Å². The summed E-state index contributed by atoms with van der Waals surface area (Å²) in [6.45, 7) is 4.31. The molecule has 1 aliphatic carbocycles. The van der Waals surface area contributed by atoms with E-state index < -0.39 is 0 Å². The summed E-state index contributed by atoms with van der Waals surface area (Å²) in [6, 6.07) is 2.30. The number of nitrogens with zero attached hydrogens (tertiary/aromatic N) is 4. The molecule has 2 aromatic rings. The lowest BCUT2D eigenvalue weighted by Gasteiger charge is -2.26. The van der Waals surface area contributed by atoms with Crippen molar-refractivity contribution in [3.05, 3.63) is 29.7 Å². The lowest BCUT2D eigenvalue weighted by molar-refractivity contribution is 0.397. The van der Waals surface area contributed by atoms with E-state index in [4.69, 9.17) is 4.74 Å². The summed E-state index contributed by atoms with van der Waals surface area (Å²) < 4.78 is 7.26. The Balaban J connectivity index is 1.89. The number of rotatable bonds is 4. The highest BCUT2D eigenvalue weighted by molar-refractivity contribution is 5.35. The fourth-order valence-electron chi connectivity index (χ4n) is 2.85. The van der Waals surface area contributed by atoms with E-state index in [0.29, 0.717) is 17.9 Å². The fraction of sp³-hybridized carbons (Fsp3) is 0.533. The lowest BCUT2D eigenvalue weighted by Crippen LogP contribution is -2.22. The summed E-state index contributed by atoms with van der Waals surface area (Å²) in [5, 5.41) is 7.96. The van der Waals surface area contributed by atoms with Gasteiger partial charge in [-0.2, -0.15) is 10.1 Å². The van der Waals surface area contributed by atoms with Gasteiger partial charge in [-0.15, -0.1) is 0 Å². The van der Waals surface area contributed by atoms with Crippen LogP contribution in [0.4, 0.5) is 5.95 Å². The van der Waals surface area contributed by atoms with E-state index in [9.17, 15) is 0 Å². The van der Waals surface area contributed by atoms with Gasteiger partial charge in [-0.25, -0.2) is 4.98 Å². The zero-order valence-corrected chi connectivity index (χ0v) is 12.7. The van der Waals surface area contributed by atoms with Gasteiger partial charge in [0.1, 0.15) is 0 Å².